The summed E-state index contributed by atoms with van der Waals surface area (Å²) in [5, 5.41) is 0. The van der Waals surface area contributed by atoms with Gasteiger partial charge >= 0.3 is 0 Å². The molecular weight excluding hydrogens is 148 g/mol. The average Bonchev–Trinajstić information content (AvgIpc) is 2.15. The molecule has 64 valence electrons. The van der Waals surface area contributed by atoms with Gasteiger partial charge in [-0.3, -0.25) is 9.11 Å². The monoisotopic (exact) mass is 166 g/mol. The van der Waals surface area contributed by atoms with Gasteiger partial charge in [0.05, 0.1) is 0 Å². The number of rotatable bonds is 0. The molecule has 0 amide bonds. The molecule has 1 aliphatic heterocycles. The van der Waals surface area contributed by atoms with Crippen LogP contribution in [0.15, 0.2) is 0 Å². The van der Waals surface area contributed by atoms with Gasteiger partial charge in [-0.1, -0.05) is 20.8 Å². The zero-order valence-electron chi connectivity index (χ0n) is 7.00. The third-order valence-electron chi connectivity index (χ3n) is 1.49. The Morgan fingerprint density at radius 1 is 1.30 bits per heavy atom. The van der Waals surface area contributed by atoms with Gasteiger partial charge in [-0.2, -0.15) is 10.6 Å². The molecule has 10 heavy (non-hydrogen) atoms. The average molecular weight is 166 g/mol. The standard InChI is InChI=1S/C5H12O2S.C2H6/c1-5-2-3-8(6,7)4-5;1-2/h5-7H,2-4H2,1H3;1-2H3. The second-order valence-electron chi connectivity index (χ2n) is 2.57. The molecule has 0 bridgehead atoms. The van der Waals surface area contributed by atoms with Gasteiger partial charge < -0.3 is 0 Å². The zero-order chi connectivity index (χ0) is 8.20. The topological polar surface area (TPSA) is 40.5 Å². The van der Waals surface area contributed by atoms with Crippen LogP contribution in [0.3, 0.4) is 0 Å². The van der Waals surface area contributed by atoms with Crippen molar-refractivity contribution >= 4 is 10.6 Å². The minimum atomic E-state index is -2.10. The van der Waals surface area contributed by atoms with Crippen LogP contribution >= 0.6 is 10.6 Å². The first-order valence-electron chi connectivity index (χ1n) is 3.84. The lowest BCUT2D eigenvalue weighted by atomic mass is 10.2. The summed E-state index contributed by atoms with van der Waals surface area (Å²) in [4.78, 5) is 0. The van der Waals surface area contributed by atoms with Crippen LogP contribution < -0.4 is 0 Å². The Labute approximate surface area is 65.0 Å². The fourth-order valence-electron chi connectivity index (χ4n) is 1.01. The molecule has 1 heterocycles. The van der Waals surface area contributed by atoms with Crippen LogP contribution in [0.2, 0.25) is 0 Å². The first-order valence-corrected chi connectivity index (χ1v) is 5.72. The molecule has 0 aromatic carbocycles. The highest BCUT2D eigenvalue weighted by Gasteiger charge is 2.24. The molecule has 2 nitrogen and oxygen atoms in total. The molecule has 0 saturated carbocycles. The molecule has 2 N–H and O–H groups in total. The second-order valence-corrected chi connectivity index (χ2v) is 4.91. The first kappa shape index (κ1) is 10.3. The maximum Gasteiger partial charge on any atom is 0.0400 e. The summed E-state index contributed by atoms with van der Waals surface area (Å²) < 4.78 is 18.0. The second kappa shape index (κ2) is 4.21. The van der Waals surface area contributed by atoms with Crippen molar-refractivity contribution < 1.29 is 9.11 Å². The van der Waals surface area contributed by atoms with Gasteiger partial charge in [0, 0.05) is 11.5 Å². The van der Waals surface area contributed by atoms with Crippen LogP contribution in [0.4, 0.5) is 0 Å². The predicted molar refractivity (Wildman–Crippen MR) is 47.7 cm³/mol. The lowest BCUT2D eigenvalue weighted by Gasteiger charge is -2.25. The Kier molecular flexibility index (Phi) is 4.32. The van der Waals surface area contributed by atoms with E-state index in [-0.39, 0.29) is 0 Å². The highest BCUT2D eigenvalue weighted by molar-refractivity contribution is 8.24. The molecule has 0 aliphatic carbocycles. The largest absolute Gasteiger partial charge is 0.299 e. The summed E-state index contributed by atoms with van der Waals surface area (Å²) in [5.41, 5.74) is 0. The van der Waals surface area contributed by atoms with Crippen molar-refractivity contribution in [1.29, 1.82) is 0 Å². The van der Waals surface area contributed by atoms with Gasteiger partial charge in [-0.15, -0.1) is 0 Å². The minimum Gasteiger partial charge on any atom is -0.299 e. The van der Waals surface area contributed by atoms with Crippen LogP contribution in [0.5, 0.6) is 0 Å². The zero-order valence-corrected chi connectivity index (χ0v) is 7.82. The number of hydrogen-bond donors (Lipinski definition) is 2. The van der Waals surface area contributed by atoms with Crippen molar-refractivity contribution in [2.45, 2.75) is 27.2 Å². The van der Waals surface area contributed by atoms with Gasteiger partial charge in [0.15, 0.2) is 0 Å². The van der Waals surface area contributed by atoms with Crippen LogP contribution in [-0.4, -0.2) is 20.6 Å². The molecule has 1 saturated heterocycles. The summed E-state index contributed by atoms with van der Waals surface area (Å²) in [6.45, 7) is 6.06. The van der Waals surface area contributed by atoms with Gasteiger partial charge in [0.1, 0.15) is 0 Å². The van der Waals surface area contributed by atoms with Crippen molar-refractivity contribution in [1.82, 2.24) is 0 Å². The lowest BCUT2D eigenvalue weighted by Crippen LogP contribution is -1.98. The fraction of sp³-hybridized carbons (Fsp3) is 1.00. The summed E-state index contributed by atoms with van der Waals surface area (Å²) >= 11 is 0. The van der Waals surface area contributed by atoms with E-state index in [4.69, 9.17) is 9.11 Å². The lowest BCUT2D eigenvalue weighted by molar-refractivity contribution is 0.493. The number of hydrogen-bond acceptors (Lipinski definition) is 2. The highest BCUT2D eigenvalue weighted by Crippen LogP contribution is 2.47. The summed E-state index contributed by atoms with van der Waals surface area (Å²) in [5.74, 6) is 1.79. The maximum atomic E-state index is 9.00. The highest BCUT2D eigenvalue weighted by atomic mass is 32.3. The van der Waals surface area contributed by atoms with E-state index < -0.39 is 10.6 Å². The molecule has 1 unspecified atom stereocenters. The van der Waals surface area contributed by atoms with Crippen LogP contribution in [0.25, 0.3) is 0 Å². The molecule has 1 atom stereocenters. The molecule has 3 heteroatoms. The van der Waals surface area contributed by atoms with E-state index in [9.17, 15) is 0 Å². The molecule has 0 aromatic heterocycles. The third kappa shape index (κ3) is 3.44. The van der Waals surface area contributed by atoms with Gasteiger partial charge in [-0.25, -0.2) is 0 Å². The van der Waals surface area contributed by atoms with E-state index in [1.807, 2.05) is 13.8 Å². The Morgan fingerprint density at radius 3 is 1.90 bits per heavy atom. The fourth-order valence-corrected chi connectivity index (χ4v) is 3.04. The molecule has 1 aliphatic rings. The summed E-state index contributed by atoms with van der Waals surface area (Å²) in [6, 6.07) is 0. The van der Waals surface area contributed by atoms with Gasteiger partial charge in [0.2, 0.25) is 0 Å². The van der Waals surface area contributed by atoms with Crippen molar-refractivity contribution in [3.63, 3.8) is 0 Å². The van der Waals surface area contributed by atoms with E-state index in [1.54, 1.807) is 0 Å². The summed E-state index contributed by atoms with van der Waals surface area (Å²) in [7, 11) is -2.10. The maximum absolute atomic E-state index is 9.00. The van der Waals surface area contributed by atoms with Crippen molar-refractivity contribution in [3.05, 3.63) is 0 Å². The van der Waals surface area contributed by atoms with Crippen molar-refractivity contribution in [2.75, 3.05) is 11.5 Å². The van der Waals surface area contributed by atoms with E-state index in [1.165, 1.54) is 0 Å². The molecule has 1 fully saturated rings. The Balaban J connectivity index is 0.000000371. The Hall–Kier alpha value is 0.270. The van der Waals surface area contributed by atoms with Crippen LogP contribution in [-0.2, 0) is 0 Å². The first-order chi connectivity index (χ1) is 4.60. The van der Waals surface area contributed by atoms with E-state index in [2.05, 4.69) is 6.92 Å². The molecular formula is C7H18O2S. The smallest absolute Gasteiger partial charge is 0.0400 e. The van der Waals surface area contributed by atoms with E-state index >= 15 is 0 Å². The van der Waals surface area contributed by atoms with E-state index in [0.717, 1.165) is 6.42 Å². The van der Waals surface area contributed by atoms with Crippen LogP contribution in [0, 0.1) is 5.92 Å². The quantitative estimate of drug-likeness (QED) is 0.581. The molecule has 1 rings (SSSR count). The molecule has 0 radical (unpaired) electrons. The van der Waals surface area contributed by atoms with E-state index in [0.29, 0.717) is 17.4 Å². The van der Waals surface area contributed by atoms with Crippen molar-refractivity contribution in [3.8, 4) is 0 Å². The Bertz CT molecular complexity index is 93.6. The summed E-state index contributed by atoms with van der Waals surface area (Å²) in [6.07, 6.45) is 0.988. The normalized spacial score (nSPS) is 32.3. The van der Waals surface area contributed by atoms with Crippen LogP contribution in [0.1, 0.15) is 27.2 Å². The van der Waals surface area contributed by atoms with Crippen molar-refractivity contribution in [2.24, 2.45) is 5.92 Å². The van der Waals surface area contributed by atoms with Gasteiger partial charge in [-0.05, 0) is 12.3 Å². The third-order valence-corrected chi connectivity index (χ3v) is 3.48. The predicted octanol–water partition coefficient (Wildman–Crippen LogP) is 2.80. The van der Waals surface area contributed by atoms with Gasteiger partial charge in [0.25, 0.3) is 0 Å². The molecule has 0 spiro atoms. The minimum absolute atomic E-state index is 0.528. The molecule has 0 aromatic rings. The Morgan fingerprint density at radius 2 is 1.80 bits per heavy atom. The SMILES string of the molecule is CC.CC1CCS(O)(O)C1.